The van der Waals surface area contributed by atoms with Crippen molar-refractivity contribution in [3.8, 4) is 28.6 Å². The van der Waals surface area contributed by atoms with Gasteiger partial charge < -0.3 is 19.5 Å². The summed E-state index contributed by atoms with van der Waals surface area (Å²) in [7, 11) is 4.65. The molecular weight excluding hydrogens is 384 g/mol. The van der Waals surface area contributed by atoms with Crippen LogP contribution < -0.4 is 19.5 Å². The molecule has 2 heterocycles. The number of nitrogens with zero attached hydrogens (tertiary/aromatic N) is 3. The van der Waals surface area contributed by atoms with Crippen LogP contribution >= 0.6 is 0 Å². The van der Waals surface area contributed by atoms with Gasteiger partial charge in [0.05, 0.1) is 33.2 Å². The molecule has 1 N–H and O–H groups in total. The van der Waals surface area contributed by atoms with Crippen LogP contribution in [0.3, 0.4) is 0 Å². The van der Waals surface area contributed by atoms with Gasteiger partial charge in [-0.15, -0.1) is 5.10 Å². The second-order valence-corrected chi connectivity index (χ2v) is 6.41. The molecule has 0 atom stereocenters. The van der Waals surface area contributed by atoms with Crippen molar-refractivity contribution in [2.24, 2.45) is 0 Å². The first-order valence-corrected chi connectivity index (χ1v) is 9.15. The number of hydrogen-bond donors (Lipinski definition) is 1. The van der Waals surface area contributed by atoms with Crippen LogP contribution in [-0.4, -0.2) is 41.8 Å². The number of amides is 1. The van der Waals surface area contributed by atoms with Crippen LogP contribution in [0, 0.1) is 0 Å². The fourth-order valence-corrected chi connectivity index (χ4v) is 3.05. The summed E-state index contributed by atoms with van der Waals surface area (Å²) in [4.78, 5) is 17.3. The molecule has 0 aliphatic carbocycles. The maximum atomic E-state index is 12.7. The number of aromatic nitrogens is 3. The van der Waals surface area contributed by atoms with Crippen molar-refractivity contribution < 1.29 is 19.0 Å². The van der Waals surface area contributed by atoms with E-state index in [2.05, 4.69) is 15.4 Å². The highest BCUT2D eigenvalue weighted by Gasteiger charge is 2.12. The van der Waals surface area contributed by atoms with E-state index in [1.54, 1.807) is 43.0 Å². The Kier molecular flexibility index (Phi) is 5.21. The Hall–Kier alpha value is -4.07. The highest BCUT2D eigenvalue weighted by molar-refractivity contribution is 6.04. The summed E-state index contributed by atoms with van der Waals surface area (Å²) in [5.41, 5.74) is 3.39. The molecule has 4 aromatic rings. The molecule has 0 unspecified atom stereocenters. The molecule has 2 aromatic heterocycles. The normalized spacial score (nSPS) is 10.6. The van der Waals surface area contributed by atoms with Gasteiger partial charge in [-0.25, -0.2) is 9.50 Å². The van der Waals surface area contributed by atoms with E-state index in [0.717, 1.165) is 11.3 Å². The lowest BCUT2D eigenvalue weighted by atomic mass is 10.1. The lowest BCUT2D eigenvalue weighted by molar-refractivity contribution is 0.102. The maximum absolute atomic E-state index is 12.7. The van der Waals surface area contributed by atoms with Gasteiger partial charge in [0.25, 0.3) is 5.91 Å². The first kappa shape index (κ1) is 19.3. The molecule has 0 saturated heterocycles. The molecule has 2 aromatic carbocycles. The number of imidazole rings is 1. The highest BCUT2D eigenvalue weighted by Crippen LogP contribution is 2.28. The van der Waals surface area contributed by atoms with Gasteiger partial charge in [0.1, 0.15) is 0 Å². The van der Waals surface area contributed by atoms with Crippen LogP contribution in [0.15, 0.2) is 60.8 Å². The zero-order valence-corrected chi connectivity index (χ0v) is 16.7. The predicted octanol–water partition coefficient (Wildman–Crippen LogP) is 3.67. The maximum Gasteiger partial charge on any atom is 0.255 e. The molecule has 1 amide bonds. The number of fused-ring (bicyclic) bond motifs is 1. The van der Waals surface area contributed by atoms with Crippen molar-refractivity contribution >= 4 is 17.2 Å². The number of carbonyl (C=O) groups excluding carboxylic acids is 1. The van der Waals surface area contributed by atoms with Crippen LogP contribution in [0.5, 0.6) is 17.4 Å². The molecule has 8 heteroatoms. The van der Waals surface area contributed by atoms with E-state index in [9.17, 15) is 4.79 Å². The second kappa shape index (κ2) is 8.12. The summed E-state index contributed by atoms with van der Waals surface area (Å²) < 4.78 is 17.3. The van der Waals surface area contributed by atoms with Gasteiger partial charge in [0, 0.05) is 22.9 Å². The Morgan fingerprint density at radius 2 is 1.77 bits per heavy atom. The third kappa shape index (κ3) is 3.75. The van der Waals surface area contributed by atoms with Gasteiger partial charge in [0.15, 0.2) is 17.1 Å². The fourth-order valence-electron chi connectivity index (χ4n) is 3.05. The molecule has 0 aliphatic rings. The van der Waals surface area contributed by atoms with Crippen LogP contribution in [0.1, 0.15) is 10.4 Å². The zero-order valence-electron chi connectivity index (χ0n) is 16.7. The molecular formula is C22H20N4O4. The fraction of sp³-hybridized carbons (Fsp3) is 0.136. The SMILES string of the molecule is COc1ccc2nc(-c3cccc(NC(=O)c4ccc(OC)c(OC)c4)c3)cn2n1. The average Bonchev–Trinajstić information content (AvgIpc) is 3.22. The molecule has 152 valence electrons. The number of nitrogens with one attached hydrogen (secondary N) is 1. The molecule has 8 nitrogen and oxygen atoms in total. The summed E-state index contributed by atoms with van der Waals surface area (Å²) in [6.07, 6.45) is 1.81. The number of benzene rings is 2. The first-order chi connectivity index (χ1) is 14.6. The van der Waals surface area contributed by atoms with E-state index in [1.807, 2.05) is 36.5 Å². The van der Waals surface area contributed by atoms with Crippen molar-refractivity contribution in [3.05, 3.63) is 66.4 Å². The van der Waals surface area contributed by atoms with Crippen LogP contribution in [-0.2, 0) is 0 Å². The van der Waals surface area contributed by atoms with Crippen LogP contribution in [0.4, 0.5) is 5.69 Å². The van der Waals surface area contributed by atoms with Gasteiger partial charge >= 0.3 is 0 Å². The summed E-state index contributed by atoms with van der Waals surface area (Å²) in [5.74, 6) is 1.30. The van der Waals surface area contributed by atoms with Gasteiger partial charge in [-0.05, 0) is 36.4 Å². The molecule has 0 radical (unpaired) electrons. The minimum atomic E-state index is -0.255. The van der Waals surface area contributed by atoms with Crippen molar-refractivity contribution in [1.29, 1.82) is 0 Å². The molecule has 0 fully saturated rings. The minimum absolute atomic E-state index is 0.255. The van der Waals surface area contributed by atoms with E-state index in [-0.39, 0.29) is 5.91 Å². The molecule has 0 spiro atoms. The monoisotopic (exact) mass is 404 g/mol. The standard InChI is InChI=1S/C22H20N4O4/c1-28-18-8-7-15(12-19(18)29-2)22(27)23-16-6-4-5-14(11-16)17-13-26-20(24-17)9-10-21(25-26)30-3/h4-13H,1-3H3,(H,23,27). The van der Waals surface area contributed by atoms with Crippen molar-refractivity contribution in [2.75, 3.05) is 26.6 Å². The van der Waals surface area contributed by atoms with Crippen molar-refractivity contribution in [3.63, 3.8) is 0 Å². The number of carbonyl (C=O) groups is 1. The Morgan fingerprint density at radius 3 is 2.53 bits per heavy atom. The molecule has 0 aliphatic heterocycles. The largest absolute Gasteiger partial charge is 0.493 e. The van der Waals surface area contributed by atoms with Gasteiger partial charge in [0.2, 0.25) is 5.88 Å². The topological polar surface area (TPSA) is 87.0 Å². The van der Waals surface area contributed by atoms with E-state index < -0.39 is 0 Å². The van der Waals surface area contributed by atoms with Gasteiger partial charge in [-0.1, -0.05) is 12.1 Å². The first-order valence-electron chi connectivity index (χ1n) is 9.15. The van der Waals surface area contributed by atoms with E-state index in [1.165, 1.54) is 7.11 Å². The van der Waals surface area contributed by atoms with Crippen LogP contribution in [0.2, 0.25) is 0 Å². The number of anilines is 1. The minimum Gasteiger partial charge on any atom is -0.493 e. The number of rotatable bonds is 6. The zero-order chi connectivity index (χ0) is 21.1. The Bertz CT molecular complexity index is 1220. The predicted molar refractivity (Wildman–Crippen MR) is 112 cm³/mol. The molecule has 0 saturated carbocycles. The van der Waals surface area contributed by atoms with Gasteiger partial charge in [-0.3, -0.25) is 4.79 Å². The van der Waals surface area contributed by atoms with E-state index in [4.69, 9.17) is 14.2 Å². The number of methoxy groups -OCH3 is 3. The average molecular weight is 404 g/mol. The van der Waals surface area contributed by atoms with E-state index in [0.29, 0.717) is 34.3 Å². The third-order valence-corrected chi connectivity index (χ3v) is 4.57. The summed E-state index contributed by atoms with van der Waals surface area (Å²) in [6, 6.07) is 16.1. The van der Waals surface area contributed by atoms with E-state index >= 15 is 0 Å². The Labute approximate surface area is 173 Å². The van der Waals surface area contributed by atoms with Crippen LogP contribution in [0.25, 0.3) is 16.9 Å². The number of ether oxygens (including phenoxy) is 3. The lowest BCUT2D eigenvalue weighted by Gasteiger charge is -2.10. The smallest absolute Gasteiger partial charge is 0.255 e. The van der Waals surface area contributed by atoms with Gasteiger partial charge in [-0.2, -0.15) is 0 Å². The lowest BCUT2D eigenvalue weighted by Crippen LogP contribution is -2.12. The summed E-state index contributed by atoms with van der Waals surface area (Å²) in [5, 5.41) is 7.22. The molecule has 0 bridgehead atoms. The Morgan fingerprint density at radius 1 is 0.933 bits per heavy atom. The summed E-state index contributed by atoms with van der Waals surface area (Å²) >= 11 is 0. The second-order valence-electron chi connectivity index (χ2n) is 6.41. The third-order valence-electron chi connectivity index (χ3n) is 4.57. The quantitative estimate of drug-likeness (QED) is 0.528. The van der Waals surface area contributed by atoms with Crippen molar-refractivity contribution in [2.45, 2.75) is 0 Å². The van der Waals surface area contributed by atoms with Crippen molar-refractivity contribution in [1.82, 2.24) is 14.6 Å². The molecule has 30 heavy (non-hydrogen) atoms. The molecule has 4 rings (SSSR count). The number of hydrogen-bond acceptors (Lipinski definition) is 6. The Balaban J connectivity index is 1.58. The summed E-state index contributed by atoms with van der Waals surface area (Å²) in [6.45, 7) is 0. The highest BCUT2D eigenvalue weighted by atomic mass is 16.5.